The molecule has 17 heavy (non-hydrogen) atoms. The highest BCUT2D eigenvalue weighted by molar-refractivity contribution is 5.42. The Morgan fingerprint density at radius 2 is 1.24 bits per heavy atom. The Kier molecular flexibility index (Phi) is 4.44. The van der Waals surface area contributed by atoms with Crippen LogP contribution >= 0.6 is 0 Å². The van der Waals surface area contributed by atoms with E-state index in [2.05, 4.69) is 34.6 Å². The van der Waals surface area contributed by atoms with Gasteiger partial charge in [-0.1, -0.05) is 46.8 Å². The summed E-state index contributed by atoms with van der Waals surface area (Å²) in [5.41, 5.74) is 0. The monoisotopic (exact) mass is 236 g/mol. The second-order valence-corrected chi connectivity index (χ2v) is 5.55. The van der Waals surface area contributed by atoms with Crippen LogP contribution in [0.15, 0.2) is 24.3 Å². The second kappa shape index (κ2) is 5.44. The van der Waals surface area contributed by atoms with Crippen molar-refractivity contribution < 1.29 is 9.47 Å². The van der Waals surface area contributed by atoms with Gasteiger partial charge in [-0.2, -0.15) is 0 Å². The summed E-state index contributed by atoms with van der Waals surface area (Å²) in [4.78, 5) is 0. The molecule has 0 unspecified atom stereocenters. The van der Waals surface area contributed by atoms with E-state index in [1.165, 1.54) is 0 Å². The lowest BCUT2D eigenvalue weighted by atomic mass is 10.1. The van der Waals surface area contributed by atoms with Crippen LogP contribution in [0.4, 0.5) is 0 Å². The molecular weight excluding hydrogens is 212 g/mol. The molecule has 96 valence electrons. The third-order valence-corrected chi connectivity index (χ3v) is 2.52. The van der Waals surface area contributed by atoms with E-state index in [1.54, 1.807) is 0 Å². The van der Waals surface area contributed by atoms with Gasteiger partial charge in [-0.15, -0.1) is 0 Å². The van der Waals surface area contributed by atoms with Gasteiger partial charge in [-0.25, -0.2) is 0 Å². The van der Waals surface area contributed by atoms with Crippen LogP contribution in [0.25, 0.3) is 0 Å². The quantitative estimate of drug-likeness (QED) is 0.715. The van der Waals surface area contributed by atoms with Gasteiger partial charge < -0.3 is 9.47 Å². The van der Waals surface area contributed by atoms with Gasteiger partial charge >= 0.3 is 0 Å². The van der Waals surface area contributed by atoms with Crippen LogP contribution in [0.1, 0.15) is 41.5 Å². The summed E-state index contributed by atoms with van der Waals surface area (Å²) in [5, 5.41) is 0. The SMILES string of the molecule is CC(C)C.CC(C)C1(C)Oc2ccccc2O1. The Balaban J connectivity index is 0.000000317. The van der Waals surface area contributed by atoms with Crippen molar-refractivity contribution in [2.75, 3.05) is 0 Å². The van der Waals surface area contributed by atoms with E-state index < -0.39 is 5.79 Å². The molecule has 1 aliphatic heterocycles. The highest BCUT2D eigenvalue weighted by atomic mass is 16.7. The fraction of sp³-hybridized carbons (Fsp3) is 0.600. The molecule has 1 aromatic carbocycles. The number of benzene rings is 1. The molecule has 1 aliphatic rings. The molecule has 2 heteroatoms. The summed E-state index contributed by atoms with van der Waals surface area (Å²) in [5.74, 6) is 2.36. The number of ether oxygens (including phenoxy) is 2. The van der Waals surface area contributed by atoms with Gasteiger partial charge in [0.15, 0.2) is 11.5 Å². The van der Waals surface area contributed by atoms with Gasteiger partial charge in [-0.3, -0.25) is 0 Å². The normalized spacial score (nSPS) is 15.8. The first kappa shape index (κ1) is 13.9. The van der Waals surface area contributed by atoms with Crippen LogP contribution in [-0.4, -0.2) is 5.79 Å². The van der Waals surface area contributed by atoms with Crippen LogP contribution in [0.2, 0.25) is 0 Å². The number of rotatable bonds is 1. The predicted octanol–water partition coefficient (Wildman–Crippen LogP) is 4.49. The van der Waals surface area contributed by atoms with E-state index in [4.69, 9.17) is 9.47 Å². The highest BCUT2D eigenvalue weighted by Crippen LogP contribution is 2.41. The second-order valence-electron chi connectivity index (χ2n) is 5.55. The molecule has 0 saturated carbocycles. The van der Waals surface area contributed by atoms with Crippen LogP contribution in [0.5, 0.6) is 11.5 Å². The topological polar surface area (TPSA) is 18.5 Å². The maximum absolute atomic E-state index is 5.73. The molecule has 2 nitrogen and oxygen atoms in total. The Labute approximate surface area is 105 Å². The lowest BCUT2D eigenvalue weighted by Gasteiger charge is -2.26. The van der Waals surface area contributed by atoms with Crippen molar-refractivity contribution in [3.8, 4) is 11.5 Å². The number of fused-ring (bicyclic) bond motifs is 1. The maximum atomic E-state index is 5.73. The van der Waals surface area contributed by atoms with Crippen molar-refractivity contribution in [2.45, 2.75) is 47.3 Å². The van der Waals surface area contributed by atoms with Gasteiger partial charge in [0, 0.05) is 12.8 Å². The van der Waals surface area contributed by atoms with Crippen molar-refractivity contribution in [3.63, 3.8) is 0 Å². The lowest BCUT2D eigenvalue weighted by Crippen LogP contribution is -2.40. The summed E-state index contributed by atoms with van der Waals surface area (Å²) in [6.45, 7) is 12.6. The van der Waals surface area contributed by atoms with E-state index in [0.29, 0.717) is 5.92 Å². The highest BCUT2D eigenvalue weighted by Gasteiger charge is 2.39. The molecule has 0 aliphatic carbocycles. The van der Waals surface area contributed by atoms with Crippen LogP contribution in [0, 0.1) is 11.8 Å². The average molecular weight is 236 g/mol. The molecule has 0 N–H and O–H groups in total. The zero-order chi connectivity index (χ0) is 13.1. The molecule has 0 radical (unpaired) electrons. The van der Waals surface area contributed by atoms with E-state index >= 15 is 0 Å². The number of para-hydroxylation sites is 2. The Hall–Kier alpha value is -1.18. The summed E-state index contributed by atoms with van der Waals surface area (Å²) in [6, 6.07) is 7.77. The summed E-state index contributed by atoms with van der Waals surface area (Å²) in [7, 11) is 0. The van der Waals surface area contributed by atoms with Crippen molar-refractivity contribution in [1.82, 2.24) is 0 Å². The average Bonchev–Trinajstić information content (AvgIpc) is 2.54. The minimum Gasteiger partial charge on any atom is -0.448 e. The molecule has 0 atom stereocenters. The lowest BCUT2D eigenvalue weighted by molar-refractivity contribution is -0.0990. The molecule has 0 saturated heterocycles. The number of hydrogen-bond donors (Lipinski definition) is 0. The molecule has 1 heterocycles. The first-order chi connectivity index (χ1) is 7.85. The van der Waals surface area contributed by atoms with E-state index in [0.717, 1.165) is 17.4 Å². The first-order valence-electron chi connectivity index (χ1n) is 6.32. The van der Waals surface area contributed by atoms with Gasteiger partial charge in [0.2, 0.25) is 0 Å². The van der Waals surface area contributed by atoms with E-state index in [9.17, 15) is 0 Å². The number of hydrogen-bond acceptors (Lipinski definition) is 2. The van der Waals surface area contributed by atoms with Gasteiger partial charge in [0.25, 0.3) is 5.79 Å². The largest absolute Gasteiger partial charge is 0.448 e. The van der Waals surface area contributed by atoms with Crippen LogP contribution in [0.3, 0.4) is 0 Å². The van der Waals surface area contributed by atoms with Crippen molar-refractivity contribution in [1.29, 1.82) is 0 Å². The summed E-state index contributed by atoms with van der Waals surface area (Å²) in [6.07, 6.45) is 0. The van der Waals surface area contributed by atoms with Crippen molar-refractivity contribution >= 4 is 0 Å². The first-order valence-corrected chi connectivity index (χ1v) is 6.32. The van der Waals surface area contributed by atoms with E-state index in [-0.39, 0.29) is 0 Å². The van der Waals surface area contributed by atoms with Gasteiger partial charge in [-0.05, 0) is 18.1 Å². The van der Waals surface area contributed by atoms with Gasteiger partial charge in [0.05, 0.1) is 0 Å². The minimum absolute atomic E-state index is 0.333. The molecule has 0 bridgehead atoms. The third-order valence-electron chi connectivity index (χ3n) is 2.52. The Morgan fingerprint density at radius 3 is 1.53 bits per heavy atom. The van der Waals surface area contributed by atoms with E-state index in [1.807, 2.05) is 31.2 Å². The minimum atomic E-state index is -0.496. The summed E-state index contributed by atoms with van der Waals surface area (Å²) >= 11 is 0. The molecule has 0 aromatic heterocycles. The fourth-order valence-corrected chi connectivity index (χ4v) is 1.31. The fourth-order valence-electron chi connectivity index (χ4n) is 1.31. The Bertz CT molecular complexity index is 328. The molecule has 0 spiro atoms. The molecular formula is C15H24O2. The zero-order valence-electron chi connectivity index (χ0n) is 11.8. The zero-order valence-corrected chi connectivity index (χ0v) is 11.8. The smallest absolute Gasteiger partial charge is 0.251 e. The molecule has 1 aromatic rings. The molecule has 0 amide bonds. The van der Waals surface area contributed by atoms with Gasteiger partial charge in [0.1, 0.15) is 0 Å². The molecule has 0 fully saturated rings. The van der Waals surface area contributed by atoms with Crippen molar-refractivity contribution in [3.05, 3.63) is 24.3 Å². The molecule has 2 rings (SSSR count). The summed E-state index contributed by atoms with van der Waals surface area (Å²) < 4.78 is 11.5. The third kappa shape index (κ3) is 3.65. The van der Waals surface area contributed by atoms with Crippen LogP contribution < -0.4 is 9.47 Å². The standard InChI is InChI=1S/C11H14O2.C4H10/c1-8(2)11(3)12-9-6-4-5-7-10(9)13-11;1-4(2)3/h4-8H,1-3H3;4H,1-3H3. The predicted molar refractivity (Wildman–Crippen MR) is 71.5 cm³/mol. The Morgan fingerprint density at radius 1 is 0.882 bits per heavy atom. The maximum Gasteiger partial charge on any atom is 0.251 e. The van der Waals surface area contributed by atoms with Crippen molar-refractivity contribution in [2.24, 2.45) is 11.8 Å². The van der Waals surface area contributed by atoms with Crippen LogP contribution in [-0.2, 0) is 0 Å².